The molecule has 110 valence electrons. The molecule has 0 radical (unpaired) electrons. The van der Waals surface area contributed by atoms with Crippen LogP contribution < -0.4 is 5.32 Å². The van der Waals surface area contributed by atoms with Crippen LogP contribution in [0.4, 0.5) is 0 Å². The third-order valence-corrected chi connectivity index (χ3v) is 3.91. The van der Waals surface area contributed by atoms with Crippen molar-refractivity contribution in [3.05, 3.63) is 70.2 Å². The van der Waals surface area contributed by atoms with Crippen LogP contribution in [0.1, 0.15) is 28.4 Å². The first kappa shape index (κ1) is 15.9. The average molecular weight is 322 g/mol. The third kappa shape index (κ3) is 4.48. The van der Waals surface area contributed by atoms with Crippen LogP contribution in [0.25, 0.3) is 0 Å². The molecule has 1 amide bonds. The lowest BCUT2D eigenvalue weighted by atomic mass is 10.1. The van der Waals surface area contributed by atoms with Crippen molar-refractivity contribution < 1.29 is 4.79 Å². The van der Waals surface area contributed by atoms with Crippen LogP contribution in [-0.2, 0) is 12.3 Å². The summed E-state index contributed by atoms with van der Waals surface area (Å²) in [7, 11) is 0. The number of nitrogens with one attached hydrogen (secondary N) is 1. The molecule has 0 saturated carbocycles. The number of alkyl halides is 1. The maximum Gasteiger partial charge on any atom is 0.251 e. The molecule has 4 heteroatoms. The maximum absolute atomic E-state index is 12.2. The van der Waals surface area contributed by atoms with E-state index in [4.69, 9.17) is 23.2 Å². The number of halogens is 2. The number of carbonyl (C=O) groups is 1. The van der Waals surface area contributed by atoms with Crippen molar-refractivity contribution in [1.82, 2.24) is 5.32 Å². The third-order valence-electron chi connectivity index (χ3n) is 3.23. The summed E-state index contributed by atoms with van der Waals surface area (Å²) in [5, 5.41) is 3.71. The molecule has 21 heavy (non-hydrogen) atoms. The maximum atomic E-state index is 12.2. The summed E-state index contributed by atoms with van der Waals surface area (Å²) in [4.78, 5) is 12.2. The van der Waals surface area contributed by atoms with E-state index in [0.717, 1.165) is 16.1 Å². The Kier molecular flexibility index (Phi) is 5.66. The van der Waals surface area contributed by atoms with Gasteiger partial charge < -0.3 is 5.32 Å². The van der Waals surface area contributed by atoms with E-state index in [9.17, 15) is 4.79 Å². The van der Waals surface area contributed by atoms with E-state index in [2.05, 4.69) is 5.32 Å². The van der Waals surface area contributed by atoms with Crippen LogP contribution in [0, 0.1) is 0 Å². The van der Waals surface area contributed by atoms with Crippen LogP contribution in [0.5, 0.6) is 0 Å². The van der Waals surface area contributed by atoms with Gasteiger partial charge in [0.1, 0.15) is 0 Å². The van der Waals surface area contributed by atoms with E-state index in [1.165, 1.54) is 0 Å². The number of rotatable bonds is 5. The Morgan fingerprint density at radius 3 is 2.43 bits per heavy atom. The Balaban J connectivity index is 1.97. The zero-order valence-corrected chi connectivity index (χ0v) is 13.3. The van der Waals surface area contributed by atoms with Crippen LogP contribution in [0.15, 0.2) is 48.5 Å². The fraction of sp³-hybridized carbons (Fsp3) is 0.235. The van der Waals surface area contributed by atoms with Crippen molar-refractivity contribution in [2.75, 3.05) is 0 Å². The van der Waals surface area contributed by atoms with Crippen LogP contribution in [-0.4, -0.2) is 11.9 Å². The summed E-state index contributed by atoms with van der Waals surface area (Å²) in [5.74, 6) is 0.362. The van der Waals surface area contributed by atoms with Gasteiger partial charge in [0, 0.05) is 22.5 Å². The molecule has 2 aromatic carbocycles. The van der Waals surface area contributed by atoms with E-state index in [1.54, 1.807) is 12.1 Å². The molecule has 0 fully saturated rings. The van der Waals surface area contributed by atoms with Crippen molar-refractivity contribution in [2.45, 2.75) is 25.3 Å². The number of benzene rings is 2. The molecule has 0 bridgehead atoms. The van der Waals surface area contributed by atoms with Crippen molar-refractivity contribution in [3.63, 3.8) is 0 Å². The standard InChI is InChI=1S/C17H17Cl2NO/c1-12(10-15-4-2-3-5-16(15)19)20-17(21)14-8-6-13(11-18)7-9-14/h2-9,12H,10-11H2,1H3,(H,20,21). The van der Waals surface area contributed by atoms with E-state index in [-0.39, 0.29) is 11.9 Å². The predicted molar refractivity (Wildman–Crippen MR) is 88.1 cm³/mol. The molecule has 0 spiro atoms. The van der Waals surface area contributed by atoms with E-state index < -0.39 is 0 Å². The molecule has 0 saturated heterocycles. The van der Waals surface area contributed by atoms with Gasteiger partial charge in [-0.2, -0.15) is 0 Å². The normalized spacial score (nSPS) is 12.0. The molecule has 2 nitrogen and oxygen atoms in total. The zero-order valence-electron chi connectivity index (χ0n) is 11.8. The Morgan fingerprint density at radius 2 is 1.81 bits per heavy atom. The smallest absolute Gasteiger partial charge is 0.251 e. The number of amides is 1. The summed E-state index contributed by atoms with van der Waals surface area (Å²) in [6.07, 6.45) is 0.700. The summed E-state index contributed by atoms with van der Waals surface area (Å²) < 4.78 is 0. The van der Waals surface area contributed by atoms with E-state index >= 15 is 0 Å². The number of carbonyl (C=O) groups excluding carboxylic acids is 1. The van der Waals surface area contributed by atoms with E-state index in [0.29, 0.717) is 17.9 Å². The van der Waals surface area contributed by atoms with Gasteiger partial charge in [0.25, 0.3) is 5.91 Å². The van der Waals surface area contributed by atoms with Gasteiger partial charge in [-0.1, -0.05) is 41.9 Å². The van der Waals surface area contributed by atoms with Gasteiger partial charge >= 0.3 is 0 Å². The molecule has 1 N–H and O–H groups in total. The second-order valence-electron chi connectivity index (χ2n) is 5.00. The first-order valence-corrected chi connectivity index (χ1v) is 7.70. The van der Waals surface area contributed by atoms with Gasteiger partial charge in [-0.05, 0) is 42.7 Å². The fourth-order valence-electron chi connectivity index (χ4n) is 2.10. The summed E-state index contributed by atoms with van der Waals surface area (Å²) >= 11 is 11.9. The van der Waals surface area contributed by atoms with Gasteiger partial charge in [0.2, 0.25) is 0 Å². The Morgan fingerprint density at radius 1 is 1.14 bits per heavy atom. The lowest BCUT2D eigenvalue weighted by molar-refractivity contribution is 0.0940. The molecule has 0 aliphatic heterocycles. The second kappa shape index (κ2) is 7.48. The van der Waals surface area contributed by atoms with Gasteiger partial charge in [-0.15, -0.1) is 11.6 Å². The first-order valence-electron chi connectivity index (χ1n) is 6.79. The molecule has 2 rings (SSSR count). The van der Waals surface area contributed by atoms with Crippen molar-refractivity contribution in [1.29, 1.82) is 0 Å². The van der Waals surface area contributed by atoms with Gasteiger partial charge in [-0.3, -0.25) is 4.79 Å². The molecular formula is C17H17Cl2NO. The molecule has 1 atom stereocenters. The highest BCUT2D eigenvalue weighted by Gasteiger charge is 2.11. The quantitative estimate of drug-likeness (QED) is 0.810. The van der Waals surface area contributed by atoms with Crippen molar-refractivity contribution >= 4 is 29.1 Å². The minimum atomic E-state index is -0.0873. The molecule has 0 aromatic heterocycles. The summed E-state index contributed by atoms with van der Waals surface area (Å²) in [6, 6.07) is 15.0. The molecule has 2 aromatic rings. The van der Waals surface area contributed by atoms with Crippen molar-refractivity contribution in [3.8, 4) is 0 Å². The topological polar surface area (TPSA) is 29.1 Å². The highest BCUT2D eigenvalue weighted by molar-refractivity contribution is 6.31. The van der Waals surface area contributed by atoms with Crippen LogP contribution in [0.2, 0.25) is 5.02 Å². The molecular weight excluding hydrogens is 305 g/mol. The lowest BCUT2D eigenvalue weighted by Crippen LogP contribution is -2.34. The SMILES string of the molecule is CC(Cc1ccccc1Cl)NC(=O)c1ccc(CCl)cc1. The zero-order chi connectivity index (χ0) is 15.2. The Hall–Kier alpha value is -1.51. The van der Waals surface area contributed by atoms with Gasteiger partial charge in [-0.25, -0.2) is 0 Å². The largest absolute Gasteiger partial charge is 0.349 e. The Bertz CT molecular complexity index is 610. The number of hydrogen-bond acceptors (Lipinski definition) is 1. The minimum Gasteiger partial charge on any atom is -0.349 e. The second-order valence-corrected chi connectivity index (χ2v) is 5.68. The molecule has 0 heterocycles. The fourth-order valence-corrected chi connectivity index (χ4v) is 2.49. The van der Waals surface area contributed by atoms with E-state index in [1.807, 2.05) is 43.3 Å². The van der Waals surface area contributed by atoms with Crippen LogP contribution in [0.3, 0.4) is 0 Å². The van der Waals surface area contributed by atoms with Gasteiger partial charge in [0.05, 0.1) is 0 Å². The molecule has 0 aliphatic rings. The minimum absolute atomic E-state index is 0.00473. The monoisotopic (exact) mass is 321 g/mol. The summed E-state index contributed by atoms with van der Waals surface area (Å²) in [6.45, 7) is 1.97. The highest BCUT2D eigenvalue weighted by Crippen LogP contribution is 2.16. The lowest BCUT2D eigenvalue weighted by Gasteiger charge is -2.15. The highest BCUT2D eigenvalue weighted by atomic mass is 35.5. The van der Waals surface area contributed by atoms with Crippen molar-refractivity contribution in [2.24, 2.45) is 0 Å². The Labute approximate surface area is 135 Å². The van der Waals surface area contributed by atoms with Gasteiger partial charge in [0.15, 0.2) is 0 Å². The predicted octanol–water partition coefficient (Wildman–Crippen LogP) is 4.44. The van der Waals surface area contributed by atoms with Crippen LogP contribution >= 0.6 is 23.2 Å². The number of hydrogen-bond donors (Lipinski definition) is 1. The first-order chi connectivity index (χ1) is 10.1. The molecule has 0 aliphatic carbocycles. The average Bonchev–Trinajstić information content (AvgIpc) is 2.49. The summed E-state index contributed by atoms with van der Waals surface area (Å²) in [5.41, 5.74) is 2.66. The molecule has 1 unspecified atom stereocenters.